The lowest BCUT2D eigenvalue weighted by Gasteiger charge is -2.09. The van der Waals surface area contributed by atoms with Crippen LogP contribution in [0.3, 0.4) is 0 Å². The Morgan fingerprint density at radius 1 is 1.02 bits per heavy atom. The molecule has 2 aromatic heterocycles. The minimum atomic E-state index is -0.313. The first kappa shape index (κ1) is 26.7. The van der Waals surface area contributed by atoms with Crippen LogP contribution in [0.5, 0.6) is 11.5 Å². The Balaban J connectivity index is 1.32. The van der Waals surface area contributed by atoms with Crippen LogP contribution < -0.4 is 14.9 Å². The number of aromatic nitrogens is 5. The van der Waals surface area contributed by atoms with Gasteiger partial charge in [-0.05, 0) is 48.0 Å². The lowest BCUT2D eigenvalue weighted by atomic mass is 10.1. The second kappa shape index (κ2) is 12.3. The van der Waals surface area contributed by atoms with Crippen LogP contribution in [-0.4, -0.2) is 50.9 Å². The fraction of sp³-hybridized carbons (Fsp3) is 0.138. The van der Waals surface area contributed by atoms with Crippen molar-refractivity contribution in [3.8, 4) is 28.4 Å². The van der Waals surface area contributed by atoms with Gasteiger partial charge in [-0.15, -0.1) is 10.2 Å². The molecule has 0 saturated carbocycles. The lowest BCUT2D eigenvalue weighted by Crippen LogP contribution is -2.17. The summed E-state index contributed by atoms with van der Waals surface area (Å²) in [4.78, 5) is 12.8. The SMILES string of the molecule is COc1ccc(-c2nn(-c3ccccc3)cc2C=NNC(=O)c2ccc(CSc3nncn3C)cc2)cc1OC. The number of hydrogen-bond donors (Lipinski definition) is 1. The molecule has 0 atom stereocenters. The van der Waals surface area contributed by atoms with Gasteiger partial charge in [0.15, 0.2) is 16.7 Å². The minimum absolute atomic E-state index is 0.313. The molecule has 1 amide bonds. The Hall–Kier alpha value is -4.90. The largest absolute Gasteiger partial charge is 0.493 e. The number of aryl methyl sites for hydroxylation is 1. The molecule has 0 aliphatic heterocycles. The first-order valence-electron chi connectivity index (χ1n) is 12.3. The van der Waals surface area contributed by atoms with E-state index in [9.17, 15) is 4.79 Å². The van der Waals surface area contributed by atoms with Gasteiger partial charge in [-0.1, -0.05) is 42.1 Å². The number of nitrogens with one attached hydrogen (secondary N) is 1. The molecule has 10 nitrogen and oxygen atoms in total. The van der Waals surface area contributed by atoms with Gasteiger partial charge in [0.25, 0.3) is 5.91 Å². The van der Waals surface area contributed by atoms with E-state index in [1.807, 2.05) is 78.5 Å². The van der Waals surface area contributed by atoms with Crippen molar-refractivity contribution in [3.63, 3.8) is 0 Å². The van der Waals surface area contributed by atoms with Crippen LogP contribution in [0.15, 0.2) is 95.6 Å². The number of para-hydroxylation sites is 1. The molecule has 0 saturated heterocycles. The Bertz CT molecular complexity index is 1630. The molecule has 5 rings (SSSR count). The van der Waals surface area contributed by atoms with E-state index in [4.69, 9.17) is 14.6 Å². The third-order valence-electron chi connectivity index (χ3n) is 6.04. The zero-order valence-electron chi connectivity index (χ0n) is 22.2. The van der Waals surface area contributed by atoms with E-state index in [0.29, 0.717) is 28.3 Å². The molecule has 0 spiro atoms. The first-order valence-corrected chi connectivity index (χ1v) is 13.3. The molecule has 1 N–H and O–H groups in total. The molecule has 5 aromatic rings. The fourth-order valence-corrected chi connectivity index (χ4v) is 4.77. The van der Waals surface area contributed by atoms with Crippen LogP contribution in [0.2, 0.25) is 0 Å². The van der Waals surface area contributed by atoms with E-state index < -0.39 is 0 Å². The number of ether oxygens (including phenoxy) is 2. The van der Waals surface area contributed by atoms with Crippen LogP contribution in [0, 0.1) is 0 Å². The van der Waals surface area contributed by atoms with E-state index in [2.05, 4.69) is 20.7 Å². The number of benzene rings is 3. The number of hydrogen-bond acceptors (Lipinski definition) is 8. The molecule has 0 aliphatic rings. The number of hydrazone groups is 1. The summed E-state index contributed by atoms with van der Waals surface area (Å²) >= 11 is 1.58. The molecule has 2 heterocycles. The zero-order chi connectivity index (χ0) is 27.9. The van der Waals surface area contributed by atoms with Gasteiger partial charge in [-0.25, -0.2) is 10.1 Å². The van der Waals surface area contributed by atoms with Crippen LogP contribution in [0.4, 0.5) is 0 Å². The Kier molecular flexibility index (Phi) is 8.21. The highest BCUT2D eigenvalue weighted by molar-refractivity contribution is 7.98. The average molecular weight is 554 g/mol. The third-order valence-corrected chi connectivity index (χ3v) is 7.15. The monoisotopic (exact) mass is 553 g/mol. The van der Waals surface area contributed by atoms with Crippen molar-refractivity contribution in [1.29, 1.82) is 0 Å². The number of rotatable bonds is 10. The number of methoxy groups -OCH3 is 2. The zero-order valence-corrected chi connectivity index (χ0v) is 23.0. The molecule has 202 valence electrons. The topological polar surface area (TPSA) is 108 Å². The lowest BCUT2D eigenvalue weighted by molar-refractivity contribution is 0.0955. The molecular formula is C29H27N7O3S. The standard InChI is InChI=1S/C29H27N7O3S/c1-35-19-31-33-29(35)40-18-20-9-11-21(12-10-20)28(37)32-30-16-23-17-36(24-7-5-4-6-8-24)34-27(23)22-13-14-25(38-2)26(15-22)39-3/h4-17,19H,18H2,1-3H3,(H,32,37). The van der Waals surface area contributed by atoms with Crippen molar-refractivity contribution in [2.24, 2.45) is 12.1 Å². The number of nitrogens with zero attached hydrogens (tertiary/aromatic N) is 6. The predicted octanol–water partition coefficient (Wildman–Crippen LogP) is 4.74. The van der Waals surface area contributed by atoms with Gasteiger partial charge in [-0.2, -0.15) is 10.2 Å². The van der Waals surface area contributed by atoms with Crippen molar-refractivity contribution in [2.45, 2.75) is 10.9 Å². The molecule has 0 bridgehead atoms. The summed E-state index contributed by atoms with van der Waals surface area (Å²) in [7, 11) is 5.08. The number of amides is 1. The smallest absolute Gasteiger partial charge is 0.271 e. The van der Waals surface area contributed by atoms with Crippen molar-refractivity contribution < 1.29 is 14.3 Å². The molecule has 0 aliphatic carbocycles. The van der Waals surface area contributed by atoms with Gasteiger partial charge < -0.3 is 14.0 Å². The van der Waals surface area contributed by atoms with Crippen LogP contribution in [0.25, 0.3) is 16.9 Å². The number of carbonyl (C=O) groups excluding carboxylic acids is 1. The quantitative estimate of drug-likeness (QED) is 0.151. The van der Waals surface area contributed by atoms with Gasteiger partial charge in [-0.3, -0.25) is 4.79 Å². The van der Waals surface area contributed by atoms with Crippen molar-refractivity contribution in [1.82, 2.24) is 30.0 Å². The summed E-state index contributed by atoms with van der Waals surface area (Å²) in [5.41, 5.74) is 7.29. The molecule has 3 aromatic carbocycles. The second-order valence-electron chi connectivity index (χ2n) is 8.69. The average Bonchev–Trinajstić information content (AvgIpc) is 3.62. The van der Waals surface area contributed by atoms with E-state index >= 15 is 0 Å². The first-order chi connectivity index (χ1) is 19.6. The van der Waals surface area contributed by atoms with E-state index in [1.165, 1.54) is 0 Å². The highest BCUT2D eigenvalue weighted by Gasteiger charge is 2.14. The van der Waals surface area contributed by atoms with Crippen molar-refractivity contribution in [2.75, 3.05) is 14.2 Å². The Labute approximate surface area is 235 Å². The maximum atomic E-state index is 12.8. The number of carbonyl (C=O) groups is 1. The molecule has 0 radical (unpaired) electrons. The molecule has 40 heavy (non-hydrogen) atoms. The highest BCUT2D eigenvalue weighted by atomic mass is 32.2. The van der Waals surface area contributed by atoms with Crippen LogP contribution >= 0.6 is 11.8 Å². The van der Waals surface area contributed by atoms with Crippen molar-refractivity contribution >= 4 is 23.9 Å². The van der Waals surface area contributed by atoms with Crippen LogP contribution in [-0.2, 0) is 12.8 Å². The van der Waals surface area contributed by atoms with Gasteiger partial charge in [0.05, 0.1) is 26.1 Å². The summed E-state index contributed by atoms with van der Waals surface area (Å²) in [6.07, 6.45) is 5.11. The van der Waals surface area contributed by atoms with Crippen molar-refractivity contribution in [3.05, 3.63) is 102 Å². The summed E-state index contributed by atoms with van der Waals surface area (Å²) in [6.45, 7) is 0. The molecule has 0 fully saturated rings. The molecule has 0 unspecified atom stereocenters. The summed E-state index contributed by atoms with van der Waals surface area (Å²) in [5, 5.41) is 17.8. The van der Waals surface area contributed by atoms with E-state index in [-0.39, 0.29) is 5.91 Å². The molecule has 11 heteroatoms. The Morgan fingerprint density at radius 3 is 2.50 bits per heavy atom. The summed E-state index contributed by atoms with van der Waals surface area (Å²) in [6, 6.07) is 22.7. The van der Waals surface area contributed by atoms with Gasteiger partial charge in [0, 0.05) is 35.7 Å². The Morgan fingerprint density at radius 2 is 1.80 bits per heavy atom. The summed E-state index contributed by atoms with van der Waals surface area (Å²) in [5.74, 6) is 1.61. The third kappa shape index (κ3) is 6.05. The predicted molar refractivity (Wildman–Crippen MR) is 154 cm³/mol. The maximum absolute atomic E-state index is 12.8. The second-order valence-corrected chi connectivity index (χ2v) is 9.63. The summed E-state index contributed by atoms with van der Waals surface area (Å²) < 4.78 is 14.5. The van der Waals surface area contributed by atoms with Gasteiger partial charge in [0.2, 0.25) is 0 Å². The normalized spacial score (nSPS) is 11.1. The van der Waals surface area contributed by atoms with Gasteiger partial charge >= 0.3 is 0 Å². The maximum Gasteiger partial charge on any atom is 0.271 e. The fourth-order valence-electron chi connectivity index (χ4n) is 3.93. The minimum Gasteiger partial charge on any atom is -0.493 e. The molecular weight excluding hydrogens is 526 g/mol. The van der Waals surface area contributed by atoms with Crippen LogP contribution in [0.1, 0.15) is 21.5 Å². The number of thioether (sulfide) groups is 1. The highest BCUT2D eigenvalue weighted by Crippen LogP contribution is 2.33. The van der Waals surface area contributed by atoms with E-state index in [1.54, 1.807) is 55.3 Å². The van der Waals surface area contributed by atoms with E-state index in [0.717, 1.165) is 27.7 Å². The van der Waals surface area contributed by atoms with Gasteiger partial charge in [0.1, 0.15) is 12.0 Å².